The van der Waals surface area contributed by atoms with Crippen molar-refractivity contribution >= 4 is 46.9 Å². The summed E-state index contributed by atoms with van der Waals surface area (Å²) in [6, 6.07) is 20.0. The van der Waals surface area contributed by atoms with E-state index in [2.05, 4.69) is 15.8 Å². The molecule has 0 fully saturated rings. The maximum atomic E-state index is 13.4. The fraction of sp³-hybridized carbons (Fsp3) is 0.192. The van der Waals surface area contributed by atoms with Gasteiger partial charge in [-0.05, 0) is 17.0 Å². The van der Waals surface area contributed by atoms with Crippen LogP contribution in [0, 0.1) is 16.0 Å². The average Bonchev–Trinajstić information content (AvgIpc) is 2.86. The summed E-state index contributed by atoms with van der Waals surface area (Å²) in [7, 11) is 0. The largest absolute Gasteiger partial charge is 0.343 e. The Morgan fingerprint density at radius 1 is 0.944 bits per heavy atom. The predicted molar refractivity (Wildman–Crippen MR) is 140 cm³/mol. The second-order valence-corrected chi connectivity index (χ2v) is 9.09. The maximum Gasteiger partial charge on any atom is 0.271 e. The first-order valence-electron chi connectivity index (χ1n) is 11.1. The van der Waals surface area contributed by atoms with Crippen LogP contribution in [0.5, 0.6) is 0 Å². The molecule has 0 bridgehead atoms. The molecule has 3 aromatic rings. The molecule has 186 valence electrons. The van der Waals surface area contributed by atoms with Crippen molar-refractivity contribution in [3.8, 4) is 0 Å². The number of nitro benzene ring substituents is 1. The van der Waals surface area contributed by atoms with Gasteiger partial charge in [-0.25, -0.2) is 5.43 Å². The molecule has 10 heteroatoms. The van der Waals surface area contributed by atoms with Crippen molar-refractivity contribution in [3.05, 3.63) is 110 Å². The summed E-state index contributed by atoms with van der Waals surface area (Å²) in [5.41, 5.74) is 3.85. The van der Waals surface area contributed by atoms with Crippen LogP contribution in [0.4, 0.5) is 5.69 Å². The highest BCUT2D eigenvalue weighted by Gasteiger charge is 2.29. The minimum absolute atomic E-state index is 0.0150. The third-order valence-electron chi connectivity index (χ3n) is 5.41. The van der Waals surface area contributed by atoms with E-state index in [4.69, 9.17) is 23.2 Å². The summed E-state index contributed by atoms with van der Waals surface area (Å²) >= 11 is 12.1. The molecule has 36 heavy (non-hydrogen) atoms. The normalized spacial score (nSPS) is 12.1. The van der Waals surface area contributed by atoms with Crippen molar-refractivity contribution in [2.75, 3.05) is 0 Å². The SMILES string of the molecule is CC(C)[C@H](NC(=O)C(c1ccccc1)c1ccccc1)C(=O)N/N=C\c1cc([N+](=O)[O-])cc(Cl)c1Cl. The standard InChI is InChI=1S/C26H24Cl2N4O4/c1-16(2)24(26(34)31-29-15-19-13-20(32(35)36)14-21(27)23(19)28)30-25(33)22(17-9-5-3-6-10-17)18-11-7-4-8-12-18/h3-16,22,24H,1-2H3,(H,30,33)(H,31,34)/b29-15-/t24-/m0/s1. The lowest BCUT2D eigenvalue weighted by molar-refractivity contribution is -0.384. The number of rotatable bonds is 9. The van der Waals surface area contributed by atoms with Crippen LogP contribution in [0.25, 0.3) is 0 Å². The average molecular weight is 527 g/mol. The molecule has 0 saturated carbocycles. The number of hydrazone groups is 1. The molecule has 0 aromatic heterocycles. The second-order valence-electron chi connectivity index (χ2n) is 8.31. The van der Waals surface area contributed by atoms with E-state index in [9.17, 15) is 19.7 Å². The number of non-ortho nitro benzene ring substituents is 1. The molecule has 0 aliphatic rings. The Morgan fingerprint density at radius 2 is 1.50 bits per heavy atom. The smallest absolute Gasteiger partial charge is 0.271 e. The van der Waals surface area contributed by atoms with Gasteiger partial charge < -0.3 is 5.32 Å². The van der Waals surface area contributed by atoms with Crippen molar-refractivity contribution in [1.82, 2.24) is 10.7 Å². The third-order valence-corrected chi connectivity index (χ3v) is 6.22. The summed E-state index contributed by atoms with van der Waals surface area (Å²) in [4.78, 5) is 36.8. The van der Waals surface area contributed by atoms with Gasteiger partial charge in [0.1, 0.15) is 6.04 Å². The van der Waals surface area contributed by atoms with Crippen molar-refractivity contribution in [3.63, 3.8) is 0 Å². The number of carbonyl (C=O) groups excluding carboxylic acids is 2. The molecule has 0 aliphatic heterocycles. The van der Waals surface area contributed by atoms with E-state index < -0.39 is 22.8 Å². The topological polar surface area (TPSA) is 114 Å². The minimum Gasteiger partial charge on any atom is -0.343 e. The van der Waals surface area contributed by atoms with Crippen LogP contribution in [-0.2, 0) is 9.59 Å². The van der Waals surface area contributed by atoms with E-state index in [1.807, 2.05) is 60.7 Å². The van der Waals surface area contributed by atoms with Crippen LogP contribution in [0.15, 0.2) is 77.9 Å². The first kappa shape index (κ1) is 26.8. The van der Waals surface area contributed by atoms with Crippen LogP contribution in [0.3, 0.4) is 0 Å². The molecule has 3 aromatic carbocycles. The highest BCUT2D eigenvalue weighted by atomic mass is 35.5. The quantitative estimate of drug-likeness (QED) is 0.223. The van der Waals surface area contributed by atoms with E-state index in [0.29, 0.717) is 0 Å². The Labute approximate surface area is 218 Å². The summed E-state index contributed by atoms with van der Waals surface area (Å²) < 4.78 is 0. The van der Waals surface area contributed by atoms with Gasteiger partial charge in [0.15, 0.2) is 0 Å². The number of amides is 2. The zero-order chi connectivity index (χ0) is 26.2. The fourth-order valence-corrected chi connectivity index (χ4v) is 3.97. The van der Waals surface area contributed by atoms with Crippen molar-refractivity contribution in [1.29, 1.82) is 0 Å². The molecule has 2 amide bonds. The van der Waals surface area contributed by atoms with Gasteiger partial charge in [-0.3, -0.25) is 19.7 Å². The summed E-state index contributed by atoms with van der Waals surface area (Å²) in [6.45, 7) is 3.59. The number of carbonyl (C=O) groups is 2. The van der Waals surface area contributed by atoms with Crippen LogP contribution in [0.1, 0.15) is 36.5 Å². The minimum atomic E-state index is -0.895. The Balaban J connectivity index is 1.79. The summed E-state index contributed by atoms with van der Waals surface area (Å²) in [5, 5.41) is 17.8. The molecule has 1 atom stereocenters. The monoisotopic (exact) mass is 526 g/mol. The number of nitrogens with zero attached hydrogens (tertiary/aromatic N) is 2. The number of hydrogen-bond acceptors (Lipinski definition) is 5. The van der Waals surface area contributed by atoms with E-state index in [0.717, 1.165) is 23.4 Å². The van der Waals surface area contributed by atoms with E-state index in [-0.39, 0.29) is 33.1 Å². The van der Waals surface area contributed by atoms with Gasteiger partial charge in [-0.2, -0.15) is 5.10 Å². The van der Waals surface area contributed by atoms with Crippen molar-refractivity contribution in [2.45, 2.75) is 25.8 Å². The van der Waals surface area contributed by atoms with Crippen LogP contribution >= 0.6 is 23.2 Å². The predicted octanol–water partition coefficient (Wildman–Crippen LogP) is 5.32. The van der Waals surface area contributed by atoms with Gasteiger partial charge in [0.05, 0.1) is 27.1 Å². The first-order chi connectivity index (χ1) is 17.2. The molecule has 0 radical (unpaired) electrons. The fourth-order valence-electron chi connectivity index (χ4n) is 3.59. The molecule has 0 unspecified atom stereocenters. The lowest BCUT2D eigenvalue weighted by Gasteiger charge is -2.24. The number of halogens is 2. The zero-order valence-electron chi connectivity index (χ0n) is 19.5. The van der Waals surface area contributed by atoms with E-state index in [1.54, 1.807) is 13.8 Å². The Bertz CT molecular complexity index is 1230. The molecular weight excluding hydrogens is 503 g/mol. The number of benzene rings is 3. The highest BCUT2D eigenvalue weighted by Crippen LogP contribution is 2.30. The summed E-state index contributed by atoms with van der Waals surface area (Å²) in [5.74, 6) is -1.76. The third kappa shape index (κ3) is 6.68. The maximum absolute atomic E-state index is 13.4. The lowest BCUT2D eigenvalue weighted by Crippen LogP contribution is -2.50. The van der Waals surface area contributed by atoms with Crippen LogP contribution in [-0.4, -0.2) is 29.0 Å². The molecule has 0 spiro atoms. The zero-order valence-corrected chi connectivity index (χ0v) is 21.0. The number of hydrogen-bond donors (Lipinski definition) is 2. The Morgan fingerprint density at radius 3 is 2.00 bits per heavy atom. The van der Waals surface area contributed by atoms with Gasteiger partial charge in [-0.15, -0.1) is 0 Å². The lowest BCUT2D eigenvalue weighted by atomic mass is 9.89. The number of nitrogens with one attached hydrogen (secondary N) is 2. The number of nitro groups is 1. The second kappa shape index (κ2) is 12.3. The van der Waals surface area contributed by atoms with Crippen molar-refractivity contribution in [2.24, 2.45) is 11.0 Å². The first-order valence-corrected chi connectivity index (χ1v) is 11.8. The molecule has 0 heterocycles. The Kier molecular flexibility index (Phi) is 9.16. The van der Waals surface area contributed by atoms with Crippen LogP contribution in [0.2, 0.25) is 10.0 Å². The van der Waals surface area contributed by atoms with Gasteiger partial charge in [0, 0.05) is 17.7 Å². The molecule has 0 aliphatic carbocycles. The molecular formula is C26H24Cl2N4O4. The van der Waals surface area contributed by atoms with Gasteiger partial charge in [-0.1, -0.05) is 97.7 Å². The van der Waals surface area contributed by atoms with Crippen molar-refractivity contribution < 1.29 is 14.5 Å². The van der Waals surface area contributed by atoms with Crippen LogP contribution < -0.4 is 10.7 Å². The van der Waals surface area contributed by atoms with E-state index >= 15 is 0 Å². The van der Waals surface area contributed by atoms with Gasteiger partial charge in [0.2, 0.25) is 5.91 Å². The summed E-state index contributed by atoms with van der Waals surface area (Å²) in [6.07, 6.45) is 1.16. The molecule has 0 saturated heterocycles. The highest BCUT2D eigenvalue weighted by molar-refractivity contribution is 6.43. The Hall–Kier alpha value is -3.75. The van der Waals surface area contributed by atoms with Gasteiger partial charge >= 0.3 is 0 Å². The molecule has 2 N–H and O–H groups in total. The van der Waals surface area contributed by atoms with Gasteiger partial charge in [0.25, 0.3) is 11.6 Å². The van der Waals surface area contributed by atoms with E-state index in [1.165, 1.54) is 6.07 Å². The molecule has 8 nitrogen and oxygen atoms in total. The molecule has 3 rings (SSSR count).